The first-order valence-electron chi connectivity index (χ1n) is 11.7. The van der Waals surface area contributed by atoms with Crippen molar-refractivity contribution in [2.24, 2.45) is 4.99 Å². The highest BCUT2D eigenvalue weighted by molar-refractivity contribution is 14.1. The number of hydrogen-bond acceptors (Lipinski definition) is 5. The lowest BCUT2D eigenvalue weighted by Crippen LogP contribution is -2.38. The second-order valence-corrected chi connectivity index (χ2v) is 11.0. The fraction of sp³-hybridized carbons (Fsp3) is 0.172. The monoisotopic (exact) mass is 606 g/mol. The molecule has 0 saturated carbocycles. The summed E-state index contributed by atoms with van der Waals surface area (Å²) in [4.78, 5) is 19.7. The van der Waals surface area contributed by atoms with Gasteiger partial charge in [0.2, 0.25) is 0 Å². The minimum atomic E-state index is -0.224. The molecular formula is C29H23IN2O3S. The number of allylic oxidation sites excluding steroid dienone is 1. The Bertz CT molecular complexity index is 1720. The maximum absolute atomic E-state index is 13.9. The van der Waals surface area contributed by atoms with Gasteiger partial charge in [-0.2, -0.15) is 0 Å². The Morgan fingerprint density at radius 1 is 1.03 bits per heavy atom. The van der Waals surface area contributed by atoms with Gasteiger partial charge in [-0.3, -0.25) is 9.36 Å². The lowest BCUT2D eigenvalue weighted by molar-refractivity contribution is 0.412. The summed E-state index contributed by atoms with van der Waals surface area (Å²) in [7, 11) is 3.33. The number of thiazole rings is 1. The summed E-state index contributed by atoms with van der Waals surface area (Å²) in [5.74, 6) is 1.59. The number of halogens is 1. The summed E-state index contributed by atoms with van der Waals surface area (Å²) in [6, 6.07) is 22.2. The van der Waals surface area contributed by atoms with Crippen molar-refractivity contribution >= 4 is 45.7 Å². The highest BCUT2D eigenvalue weighted by atomic mass is 127. The molecular weight excluding hydrogens is 583 g/mol. The Balaban J connectivity index is 1.60. The number of hydrogen-bond donors (Lipinski definition) is 0. The molecule has 36 heavy (non-hydrogen) atoms. The van der Waals surface area contributed by atoms with Crippen molar-refractivity contribution in [3.05, 3.63) is 118 Å². The van der Waals surface area contributed by atoms with Gasteiger partial charge in [0.1, 0.15) is 11.5 Å². The molecule has 2 heterocycles. The normalized spacial score (nSPS) is 16.6. The van der Waals surface area contributed by atoms with Crippen LogP contribution in [0, 0.1) is 3.57 Å². The van der Waals surface area contributed by atoms with Crippen LogP contribution in [0.15, 0.2) is 82.1 Å². The highest BCUT2D eigenvalue weighted by Crippen LogP contribution is 2.41. The van der Waals surface area contributed by atoms with Gasteiger partial charge in [0.25, 0.3) is 5.56 Å². The molecule has 0 saturated heterocycles. The third-order valence-electron chi connectivity index (χ3n) is 6.76. The second-order valence-electron chi connectivity index (χ2n) is 8.78. The number of nitrogens with zero attached hydrogens (tertiary/aromatic N) is 2. The fourth-order valence-electron chi connectivity index (χ4n) is 5.06. The Labute approximate surface area is 226 Å². The van der Waals surface area contributed by atoms with Gasteiger partial charge in [0.15, 0.2) is 4.80 Å². The zero-order chi connectivity index (χ0) is 24.8. The van der Waals surface area contributed by atoms with Crippen LogP contribution < -0.4 is 24.4 Å². The average Bonchev–Trinajstić information content (AvgIpc) is 3.21. The largest absolute Gasteiger partial charge is 0.497 e. The predicted octanol–water partition coefficient (Wildman–Crippen LogP) is 4.94. The van der Waals surface area contributed by atoms with Gasteiger partial charge in [-0.15, -0.1) is 0 Å². The number of ether oxygens (including phenoxy) is 2. The molecule has 5 nitrogen and oxygen atoms in total. The first kappa shape index (κ1) is 23.2. The first-order valence-corrected chi connectivity index (χ1v) is 13.6. The third-order valence-corrected chi connectivity index (χ3v) is 8.58. The molecule has 180 valence electrons. The van der Waals surface area contributed by atoms with Crippen LogP contribution in [0.5, 0.6) is 11.5 Å². The van der Waals surface area contributed by atoms with Crippen LogP contribution in [0.3, 0.4) is 0 Å². The zero-order valence-electron chi connectivity index (χ0n) is 19.8. The minimum Gasteiger partial charge on any atom is -0.497 e. The van der Waals surface area contributed by atoms with Crippen LogP contribution in [0.4, 0.5) is 0 Å². The van der Waals surface area contributed by atoms with Crippen molar-refractivity contribution in [3.8, 4) is 11.5 Å². The summed E-state index contributed by atoms with van der Waals surface area (Å²) >= 11 is 3.69. The topological polar surface area (TPSA) is 52.8 Å². The summed E-state index contributed by atoms with van der Waals surface area (Å²) < 4.78 is 14.4. The number of benzene rings is 3. The molecule has 1 aromatic heterocycles. The van der Waals surface area contributed by atoms with Gasteiger partial charge in [0.05, 0.1) is 34.1 Å². The number of rotatable bonds is 4. The van der Waals surface area contributed by atoms with Crippen molar-refractivity contribution in [3.63, 3.8) is 0 Å². The van der Waals surface area contributed by atoms with E-state index in [2.05, 4.69) is 52.9 Å². The standard InChI is InChI=1S/C29H23IN2O3S/c1-34-20-8-5-7-19(16-20)27-22-12-11-18-6-3-4-9-21(18)26(22)31-29-32(27)28(33)25(36-29)15-17-10-13-24(35-2)23(30)14-17/h3-10,13-16,27H,11-12H2,1-2H3. The maximum atomic E-state index is 13.9. The lowest BCUT2D eigenvalue weighted by Gasteiger charge is -2.31. The zero-order valence-corrected chi connectivity index (χ0v) is 22.8. The van der Waals surface area contributed by atoms with Gasteiger partial charge in [-0.05, 0) is 88.0 Å². The Hall–Kier alpha value is -3.17. The van der Waals surface area contributed by atoms with E-state index in [4.69, 9.17) is 14.5 Å². The molecule has 1 aliphatic heterocycles. The molecule has 2 aliphatic rings. The molecule has 7 heteroatoms. The molecule has 0 N–H and O–H groups in total. The van der Waals surface area contributed by atoms with Crippen molar-refractivity contribution < 1.29 is 9.47 Å². The summed E-state index contributed by atoms with van der Waals surface area (Å²) in [5, 5.41) is 0. The van der Waals surface area contributed by atoms with Crippen LogP contribution in [-0.4, -0.2) is 18.8 Å². The Kier molecular flexibility index (Phi) is 6.05. The van der Waals surface area contributed by atoms with Gasteiger partial charge in [0, 0.05) is 5.56 Å². The SMILES string of the molecule is COc1cccc(C2C3=C(N=c4sc(=Cc5ccc(OC)c(I)c5)c(=O)n42)c2ccccc2CC3)c1. The second kappa shape index (κ2) is 9.37. The molecule has 1 aliphatic carbocycles. The van der Waals surface area contributed by atoms with E-state index in [0.29, 0.717) is 4.53 Å². The van der Waals surface area contributed by atoms with E-state index in [0.717, 1.165) is 55.1 Å². The van der Waals surface area contributed by atoms with Crippen LogP contribution in [-0.2, 0) is 6.42 Å². The predicted molar refractivity (Wildman–Crippen MR) is 151 cm³/mol. The molecule has 3 aromatic carbocycles. The molecule has 0 bridgehead atoms. The van der Waals surface area contributed by atoms with Crippen molar-refractivity contribution in [1.29, 1.82) is 0 Å². The first-order chi connectivity index (χ1) is 17.6. The van der Waals surface area contributed by atoms with E-state index in [-0.39, 0.29) is 11.6 Å². The third kappa shape index (κ3) is 3.90. The lowest BCUT2D eigenvalue weighted by atomic mass is 9.83. The highest BCUT2D eigenvalue weighted by Gasteiger charge is 2.32. The van der Waals surface area contributed by atoms with Gasteiger partial charge < -0.3 is 9.47 Å². The molecule has 0 radical (unpaired) electrons. The molecule has 4 aromatic rings. The van der Waals surface area contributed by atoms with Crippen molar-refractivity contribution in [2.45, 2.75) is 18.9 Å². The number of aryl methyl sites for hydroxylation is 1. The van der Waals surface area contributed by atoms with Crippen LogP contribution in [0.1, 0.15) is 34.7 Å². The summed E-state index contributed by atoms with van der Waals surface area (Å²) in [5.41, 5.74) is 6.60. The van der Waals surface area contributed by atoms with E-state index >= 15 is 0 Å². The Morgan fingerprint density at radius 3 is 2.69 bits per heavy atom. The molecule has 0 spiro atoms. The Morgan fingerprint density at radius 2 is 1.89 bits per heavy atom. The molecule has 6 rings (SSSR count). The summed E-state index contributed by atoms with van der Waals surface area (Å²) in [6.45, 7) is 0. The van der Waals surface area contributed by atoms with E-state index < -0.39 is 0 Å². The van der Waals surface area contributed by atoms with Gasteiger partial charge in [-0.1, -0.05) is 53.8 Å². The molecule has 0 amide bonds. The van der Waals surface area contributed by atoms with E-state index in [1.807, 2.05) is 47.0 Å². The van der Waals surface area contributed by atoms with Crippen molar-refractivity contribution in [2.75, 3.05) is 14.2 Å². The van der Waals surface area contributed by atoms with E-state index in [9.17, 15) is 4.79 Å². The molecule has 1 unspecified atom stereocenters. The number of aromatic nitrogens is 1. The quantitative estimate of drug-likeness (QED) is 0.310. The molecule has 1 atom stereocenters. The van der Waals surface area contributed by atoms with Gasteiger partial charge >= 0.3 is 0 Å². The van der Waals surface area contributed by atoms with E-state index in [1.54, 1.807) is 14.2 Å². The number of methoxy groups -OCH3 is 2. The maximum Gasteiger partial charge on any atom is 0.271 e. The summed E-state index contributed by atoms with van der Waals surface area (Å²) in [6.07, 6.45) is 3.74. The average molecular weight is 606 g/mol. The van der Waals surface area contributed by atoms with E-state index in [1.165, 1.54) is 22.5 Å². The fourth-order valence-corrected chi connectivity index (χ4v) is 6.82. The van der Waals surface area contributed by atoms with Gasteiger partial charge in [-0.25, -0.2) is 4.99 Å². The number of fused-ring (bicyclic) bond motifs is 3. The van der Waals surface area contributed by atoms with Crippen LogP contribution in [0.25, 0.3) is 11.8 Å². The van der Waals surface area contributed by atoms with Crippen molar-refractivity contribution in [1.82, 2.24) is 4.57 Å². The molecule has 0 fully saturated rings. The smallest absolute Gasteiger partial charge is 0.271 e. The van der Waals surface area contributed by atoms with Crippen LogP contribution in [0.2, 0.25) is 0 Å². The van der Waals surface area contributed by atoms with Crippen LogP contribution >= 0.6 is 33.9 Å². The minimum absolute atomic E-state index is 0.0252.